The molecule has 1 N–H and O–H groups in total. The normalized spacial score (nSPS) is 29.6. The Morgan fingerprint density at radius 1 is 1.44 bits per heavy atom. The van der Waals surface area contributed by atoms with Gasteiger partial charge in [-0.1, -0.05) is 20.8 Å². The second kappa shape index (κ2) is 6.87. The zero-order valence-corrected chi connectivity index (χ0v) is 12.3. The van der Waals surface area contributed by atoms with Crippen LogP contribution in [0.2, 0.25) is 0 Å². The van der Waals surface area contributed by atoms with Crippen molar-refractivity contribution in [2.75, 3.05) is 25.1 Å². The van der Waals surface area contributed by atoms with Gasteiger partial charge >= 0.3 is 0 Å². The number of nitrogens with zero attached hydrogens (tertiary/aromatic N) is 1. The highest BCUT2D eigenvalue weighted by atomic mass is 32.2. The zero-order valence-electron chi connectivity index (χ0n) is 11.5. The summed E-state index contributed by atoms with van der Waals surface area (Å²) in [5.41, 5.74) is 0. The Morgan fingerprint density at radius 3 is 2.62 bits per heavy atom. The van der Waals surface area contributed by atoms with Gasteiger partial charge in [-0.3, -0.25) is 4.90 Å². The van der Waals surface area contributed by atoms with Gasteiger partial charge in [0.25, 0.3) is 0 Å². The number of nitrogens with one attached hydrogen (secondary N) is 1. The minimum Gasteiger partial charge on any atom is -0.311 e. The third-order valence-corrected chi connectivity index (χ3v) is 4.37. The smallest absolute Gasteiger partial charge is 0.0247 e. The van der Waals surface area contributed by atoms with Gasteiger partial charge in [-0.05, 0) is 25.5 Å². The van der Waals surface area contributed by atoms with E-state index >= 15 is 0 Å². The Hall–Kier alpha value is 0.270. The molecular formula is C13H28N2S. The van der Waals surface area contributed by atoms with Crippen LogP contribution in [0.4, 0.5) is 0 Å². The van der Waals surface area contributed by atoms with E-state index < -0.39 is 0 Å². The van der Waals surface area contributed by atoms with Crippen molar-refractivity contribution in [1.82, 2.24) is 10.2 Å². The molecule has 1 rings (SSSR count). The fourth-order valence-corrected chi connectivity index (χ4v) is 3.45. The quantitative estimate of drug-likeness (QED) is 0.800. The topological polar surface area (TPSA) is 15.3 Å². The SMILES string of the molecule is CCC(CSC)N1CC(C)NCC1C(C)C. The van der Waals surface area contributed by atoms with Crippen LogP contribution in [0.3, 0.4) is 0 Å². The molecule has 96 valence electrons. The highest BCUT2D eigenvalue weighted by Gasteiger charge is 2.31. The second-order valence-electron chi connectivity index (χ2n) is 5.33. The summed E-state index contributed by atoms with van der Waals surface area (Å²) < 4.78 is 0. The monoisotopic (exact) mass is 244 g/mol. The van der Waals surface area contributed by atoms with E-state index in [1.54, 1.807) is 0 Å². The summed E-state index contributed by atoms with van der Waals surface area (Å²) in [7, 11) is 0. The van der Waals surface area contributed by atoms with E-state index in [9.17, 15) is 0 Å². The molecule has 0 aliphatic carbocycles. The molecule has 0 aromatic rings. The molecule has 0 aromatic carbocycles. The van der Waals surface area contributed by atoms with Gasteiger partial charge < -0.3 is 5.32 Å². The highest BCUT2D eigenvalue weighted by Crippen LogP contribution is 2.21. The standard InChI is InChI=1S/C13H28N2S/c1-6-12(9-16-5)15-8-11(4)14-7-13(15)10(2)3/h10-14H,6-9H2,1-5H3. The van der Waals surface area contributed by atoms with E-state index in [1.165, 1.54) is 18.7 Å². The Balaban J connectivity index is 2.68. The molecule has 0 amide bonds. The molecule has 0 aromatic heterocycles. The molecule has 16 heavy (non-hydrogen) atoms. The Bertz CT molecular complexity index is 196. The summed E-state index contributed by atoms with van der Waals surface area (Å²) in [6.45, 7) is 11.7. The third kappa shape index (κ3) is 3.64. The van der Waals surface area contributed by atoms with E-state index in [0.717, 1.165) is 18.5 Å². The Kier molecular flexibility index (Phi) is 6.16. The molecule has 0 bridgehead atoms. The summed E-state index contributed by atoms with van der Waals surface area (Å²) in [6.07, 6.45) is 3.50. The van der Waals surface area contributed by atoms with Gasteiger partial charge in [-0.15, -0.1) is 0 Å². The van der Waals surface area contributed by atoms with Crippen molar-refractivity contribution in [3.8, 4) is 0 Å². The van der Waals surface area contributed by atoms with Gasteiger partial charge in [-0.2, -0.15) is 11.8 Å². The molecule has 0 saturated carbocycles. The highest BCUT2D eigenvalue weighted by molar-refractivity contribution is 7.98. The predicted molar refractivity (Wildman–Crippen MR) is 75.3 cm³/mol. The van der Waals surface area contributed by atoms with Gasteiger partial charge in [0.2, 0.25) is 0 Å². The Morgan fingerprint density at radius 2 is 2.12 bits per heavy atom. The Labute approximate surface area is 106 Å². The van der Waals surface area contributed by atoms with Crippen molar-refractivity contribution < 1.29 is 0 Å². The average Bonchev–Trinajstić information content (AvgIpc) is 2.25. The molecule has 0 spiro atoms. The van der Waals surface area contributed by atoms with Crippen LogP contribution in [-0.4, -0.2) is 48.1 Å². The van der Waals surface area contributed by atoms with Crippen LogP contribution in [0.5, 0.6) is 0 Å². The lowest BCUT2D eigenvalue weighted by Gasteiger charge is -2.45. The lowest BCUT2D eigenvalue weighted by molar-refractivity contribution is 0.0664. The molecular weight excluding hydrogens is 216 g/mol. The van der Waals surface area contributed by atoms with Crippen LogP contribution < -0.4 is 5.32 Å². The maximum Gasteiger partial charge on any atom is 0.0247 e. The van der Waals surface area contributed by atoms with Crippen LogP contribution in [0.25, 0.3) is 0 Å². The van der Waals surface area contributed by atoms with E-state index in [2.05, 4.69) is 44.2 Å². The number of piperazine rings is 1. The fraction of sp³-hybridized carbons (Fsp3) is 1.00. The first-order chi connectivity index (χ1) is 7.60. The second-order valence-corrected chi connectivity index (χ2v) is 6.25. The maximum absolute atomic E-state index is 3.62. The van der Waals surface area contributed by atoms with Crippen LogP contribution in [-0.2, 0) is 0 Å². The predicted octanol–water partition coefficient (Wildman–Crippen LogP) is 2.45. The largest absolute Gasteiger partial charge is 0.311 e. The summed E-state index contributed by atoms with van der Waals surface area (Å²) in [5.74, 6) is 2.02. The average molecular weight is 244 g/mol. The molecule has 3 atom stereocenters. The fourth-order valence-electron chi connectivity index (χ4n) is 2.63. The summed E-state index contributed by atoms with van der Waals surface area (Å²) in [4.78, 5) is 2.75. The van der Waals surface area contributed by atoms with E-state index in [-0.39, 0.29) is 0 Å². The number of hydrogen-bond donors (Lipinski definition) is 1. The minimum absolute atomic E-state index is 0.644. The van der Waals surface area contributed by atoms with Crippen LogP contribution in [0, 0.1) is 5.92 Å². The summed E-state index contributed by atoms with van der Waals surface area (Å²) in [6, 6.07) is 2.12. The van der Waals surface area contributed by atoms with Crippen LogP contribution >= 0.6 is 11.8 Å². The first kappa shape index (κ1) is 14.3. The molecule has 1 aliphatic heterocycles. The van der Waals surface area contributed by atoms with Crippen LogP contribution in [0.1, 0.15) is 34.1 Å². The van der Waals surface area contributed by atoms with E-state index in [4.69, 9.17) is 0 Å². The zero-order chi connectivity index (χ0) is 12.1. The number of rotatable bonds is 5. The van der Waals surface area contributed by atoms with Crippen molar-refractivity contribution in [1.29, 1.82) is 0 Å². The van der Waals surface area contributed by atoms with Gasteiger partial charge in [0, 0.05) is 37.0 Å². The molecule has 1 fully saturated rings. The van der Waals surface area contributed by atoms with Crippen molar-refractivity contribution in [2.45, 2.75) is 52.2 Å². The van der Waals surface area contributed by atoms with Crippen molar-refractivity contribution in [2.24, 2.45) is 5.92 Å². The molecule has 1 saturated heterocycles. The maximum atomic E-state index is 3.62. The van der Waals surface area contributed by atoms with Crippen molar-refractivity contribution in [3.05, 3.63) is 0 Å². The first-order valence-corrected chi connectivity index (χ1v) is 7.97. The molecule has 3 heteroatoms. The number of thioether (sulfide) groups is 1. The first-order valence-electron chi connectivity index (χ1n) is 6.58. The summed E-state index contributed by atoms with van der Waals surface area (Å²) >= 11 is 1.98. The van der Waals surface area contributed by atoms with Gasteiger partial charge in [0.1, 0.15) is 0 Å². The molecule has 3 unspecified atom stereocenters. The lowest BCUT2D eigenvalue weighted by Crippen LogP contribution is -2.60. The van der Waals surface area contributed by atoms with E-state index in [0.29, 0.717) is 12.1 Å². The number of hydrogen-bond acceptors (Lipinski definition) is 3. The molecule has 1 aliphatic rings. The minimum atomic E-state index is 0.644. The molecule has 1 heterocycles. The third-order valence-electron chi connectivity index (χ3n) is 3.65. The van der Waals surface area contributed by atoms with E-state index in [1.807, 2.05) is 11.8 Å². The van der Waals surface area contributed by atoms with Crippen molar-refractivity contribution >= 4 is 11.8 Å². The van der Waals surface area contributed by atoms with Gasteiger partial charge in [-0.25, -0.2) is 0 Å². The van der Waals surface area contributed by atoms with Crippen molar-refractivity contribution in [3.63, 3.8) is 0 Å². The lowest BCUT2D eigenvalue weighted by atomic mass is 9.96. The molecule has 2 nitrogen and oxygen atoms in total. The summed E-state index contributed by atoms with van der Waals surface area (Å²) in [5, 5.41) is 3.62. The van der Waals surface area contributed by atoms with Gasteiger partial charge in [0.15, 0.2) is 0 Å². The van der Waals surface area contributed by atoms with Gasteiger partial charge in [0.05, 0.1) is 0 Å². The van der Waals surface area contributed by atoms with Crippen LogP contribution in [0.15, 0.2) is 0 Å². The molecule has 0 radical (unpaired) electrons.